The van der Waals surface area contributed by atoms with Crippen molar-refractivity contribution in [3.05, 3.63) is 43.0 Å². The van der Waals surface area contributed by atoms with Crippen LogP contribution in [0.4, 0.5) is 0 Å². The number of rotatable bonds is 4. The van der Waals surface area contributed by atoms with Crippen LogP contribution < -0.4 is 4.74 Å². The fourth-order valence-electron chi connectivity index (χ4n) is 0.845. The number of hydrogen-bond acceptors (Lipinski definition) is 3. The molecule has 1 heterocycles. The van der Waals surface area contributed by atoms with Crippen molar-refractivity contribution in [1.82, 2.24) is 0 Å². The summed E-state index contributed by atoms with van der Waals surface area (Å²) < 4.78 is 9.84. The van der Waals surface area contributed by atoms with E-state index in [0.29, 0.717) is 6.61 Å². The van der Waals surface area contributed by atoms with Crippen LogP contribution in [0.5, 0.6) is 5.75 Å². The summed E-state index contributed by atoms with van der Waals surface area (Å²) in [6.07, 6.45) is 1.92. The second-order valence-electron chi connectivity index (χ2n) is 3.05. The number of epoxide rings is 1. The Labute approximate surface area is 90.0 Å². The molecule has 0 saturated carbocycles. The van der Waals surface area contributed by atoms with Crippen molar-refractivity contribution in [2.24, 2.45) is 0 Å². The van der Waals surface area contributed by atoms with Gasteiger partial charge in [-0.2, -0.15) is 0 Å². The van der Waals surface area contributed by atoms with E-state index in [1.807, 2.05) is 30.3 Å². The number of aliphatic hydroxyl groups excluding tert-OH is 1. The number of aliphatic hydroxyl groups is 1. The van der Waals surface area contributed by atoms with Crippen molar-refractivity contribution in [3.8, 4) is 5.75 Å². The summed E-state index contributed by atoms with van der Waals surface area (Å²) in [7, 11) is 0. The largest absolute Gasteiger partial charge is 0.490 e. The summed E-state index contributed by atoms with van der Waals surface area (Å²) in [5, 5.41) is 8.08. The smallest absolute Gasteiger partial charge is 0.119 e. The Balaban J connectivity index is 0.000000187. The van der Waals surface area contributed by atoms with Gasteiger partial charge in [0.25, 0.3) is 0 Å². The molecule has 1 N–H and O–H groups in total. The first kappa shape index (κ1) is 11.8. The summed E-state index contributed by atoms with van der Waals surface area (Å²) in [5.41, 5.74) is 0. The molecule has 0 aliphatic carbocycles. The van der Waals surface area contributed by atoms with E-state index in [9.17, 15) is 0 Å². The number of para-hydroxylation sites is 1. The molecule has 0 radical (unpaired) electrons. The predicted octanol–water partition coefficient (Wildman–Crippen LogP) is 1.63. The molecule has 2 rings (SSSR count). The zero-order valence-corrected chi connectivity index (χ0v) is 8.63. The topological polar surface area (TPSA) is 42.0 Å². The molecule has 1 saturated heterocycles. The number of hydrogen-bond donors (Lipinski definition) is 1. The van der Waals surface area contributed by atoms with Crippen LogP contribution >= 0.6 is 0 Å². The van der Waals surface area contributed by atoms with Gasteiger partial charge >= 0.3 is 0 Å². The molecule has 1 aliphatic rings. The number of ether oxygens (including phenoxy) is 2. The highest BCUT2D eigenvalue weighted by Gasteiger charge is 2.19. The molecule has 0 bridgehead atoms. The molecule has 0 aromatic heterocycles. The lowest BCUT2D eigenvalue weighted by Gasteiger charge is -1.99. The minimum Gasteiger partial charge on any atom is -0.490 e. The molecular weight excluding hydrogens is 192 g/mol. The third-order valence-electron chi connectivity index (χ3n) is 1.72. The van der Waals surface area contributed by atoms with Gasteiger partial charge in [-0.15, -0.1) is 0 Å². The molecule has 3 heteroatoms. The molecule has 1 atom stereocenters. The molecule has 0 spiro atoms. The first-order chi connectivity index (χ1) is 7.36. The maximum Gasteiger partial charge on any atom is 0.119 e. The van der Waals surface area contributed by atoms with Gasteiger partial charge in [-0.3, -0.25) is 0 Å². The van der Waals surface area contributed by atoms with E-state index in [1.165, 1.54) is 0 Å². The lowest BCUT2D eigenvalue weighted by atomic mass is 10.3. The zero-order chi connectivity index (χ0) is 10.9. The maximum absolute atomic E-state index is 8.08. The Morgan fingerprint density at radius 2 is 2.13 bits per heavy atom. The molecule has 1 aromatic carbocycles. The molecule has 1 unspecified atom stereocenters. The third-order valence-corrected chi connectivity index (χ3v) is 1.72. The Hall–Kier alpha value is -1.32. The van der Waals surface area contributed by atoms with Crippen LogP contribution in [0.25, 0.3) is 0 Å². The van der Waals surface area contributed by atoms with Gasteiger partial charge in [0.2, 0.25) is 0 Å². The highest BCUT2D eigenvalue weighted by Crippen LogP contribution is 2.07. The van der Waals surface area contributed by atoms with E-state index in [2.05, 4.69) is 11.3 Å². The van der Waals surface area contributed by atoms with E-state index in [-0.39, 0.29) is 12.7 Å². The van der Waals surface area contributed by atoms with Crippen LogP contribution in [0.3, 0.4) is 0 Å². The summed E-state index contributed by atoms with van der Waals surface area (Å²) in [6.45, 7) is 5.08. The third kappa shape index (κ3) is 5.88. The van der Waals surface area contributed by atoms with E-state index < -0.39 is 0 Å². The summed E-state index contributed by atoms with van der Waals surface area (Å²) in [6, 6.07) is 9.69. The molecule has 3 nitrogen and oxygen atoms in total. The van der Waals surface area contributed by atoms with Crippen LogP contribution in [-0.4, -0.2) is 31.0 Å². The average molecular weight is 208 g/mol. The SMILES string of the molecule is C=CCOc1ccccc1.OCC1CO1. The second kappa shape index (κ2) is 7.04. The predicted molar refractivity (Wildman–Crippen MR) is 59.0 cm³/mol. The van der Waals surface area contributed by atoms with Crippen molar-refractivity contribution in [3.63, 3.8) is 0 Å². The standard InChI is InChI=1S/C9H10O.C3H6O2/c1-2-8-10-9-6-4-3-5-7-9;4-1-3-2-5-3/h2-7H,1,8H2;3-4H,1-2H2. The van der Waals surface area contributed by atoms with Gasteiger partial charge in [-0.1, -0.05) is 30.9 Å². The van der Waals surface area contributed by atoms with Crippen molar-refractivity contribution in [2.75, 3.05) is 19.8 Å². The van der Waals surface area contributed by atoms with Gasteiger partial charge in [-0.25, -0.2) is 0 Å². The van der Waals surface area contributed by atoms with E-state index in [1.54, 1.807) is 6.08 Å². The Morgan fingerprint density at radius 3 is 2.53 bits per heavy atom. The van der Waals surface area contributed by atoms with Crippen LogP contribution in [0, 0.1) is 0 Å². The monoisotopic (exact) mass is 208 g/mol. The first-order valence-electron chi connectivity index (χ1n) is 4.88. The lowest BCUT2D eigenvalue weighted by molar-refractivity contribution is 0.244. The van der Waals surface area contributed by atoms with Crippen molar-refractivity contribution in [2.45, 2.75) is 6.10 Å². The minimum atomic E-state index is 0.190. The Kier molecular flexibility index (Phi) is 5.51. The molecule has 1 aliphatic heterocycles. The van der Waals surface area contributed by atoms with Gasteiger partial charge in [0, 0.05) is 0 Å². The van der Waals surface area contributed by atoms with Gasteiger partial charge in [0.05, 0.1) is 13.2 Å². The normalized spacial score (nSPS) is 17.3. The van der Waals surface area contributed by atoms with Gasteiger partial charge < -0.3 is 14.6 Å². The highest BCUT2D eigenvalue weighted by molar-refractivity contribution is 5.20. The van der Waals surface area contributed by atoms with Crippen LogP contribution in [0.2, 0.25) is 0 Å². The fraction of sp³-hybridized carbons (Fsp3) is 0.333. The van der Waals surface area contributed by atoms with E-state index in [4.69, 9.17) is 9.84 Å². The Bertz CT molecular complexity index is 267. The molecule has 82 valence electrons. The van der Waals surface area contributed by atoms with Gasteiger partial charge in [0.1, 0.15) is 18.5 Å². The fourth-order valence-corrected chi connectivity index (χ4v) is 0.845. The van der Waals surface area contributed by atoms with Gasteiger partial charge in [0.15, 0.2) is 0 Å². The maximum atomic E-state index is 8.08. The summed E-state index contributed by atoms with van der Waals surface area (Å²) in [5.74, 6) is 0.891. The highest BCUT2D eigenvalue weighted by atomic mass is 16.6. The number of benzene rings is 1. The van der Waals surface area contributed by atoms with Crippen molar-refractivity contribution >= 4 is 0 Å². The van der Waals surface area contributed by atoms with Gasteiger partial charge in [-0.05, 0) is 12.1 Å². The molecule has 1 fully saturated rings. The summed E-state index contributed by atoms with van der Waals surface area (Å²) >= 11 is 0. The van der Waals surface area contributed by atoms with Crippen LogP contribution in [0.1, 0.15) is 0 Å². The quantitative estimate of drug-likeness (QED) is 0.604. The first-order valence-corrected chi connectivity index (χ1v) is 4.88. The molecule has 15 heavy (non-hydrogen) atoms. The van der Waals surface area contributed by atoms with Crippen LogP contribution in [-0.2, 0) is 4.74 Å². The molecular formula is C12H16O3. The van der Waals surface area contributed by atoms with Crippen molar-refractivity contribution in [1.29, 1.82) is 0 Å². The minimum absolute atomic E-state index is 0.190. The van der Waals surface area contributed by atoms with Crippen molar-refractivity contribution < 1.29 is 14.6 Å². The molecule has 1 aromatic rings. The van der Waals surface area contributed by atoms with Crippen LogP contribution in [0.15, 0.2) is 43.0 Å². The zero-order valence-electron chi connectivity index (χ0n) is 8.63. The molecule has 0 amide bonds. The lowest BCUT2D eigenvalue weighted by Crippen LogP contribution is -1.91. The Morgan fingerprint density at radius 1 is 1.47 bits per heavy atom. The summed E-state index contributed by atoms with van der Waals surface area (Å²) in [4.78, 5) is 0. The average Bonchev–Trinajstić information content (AvgIpc) is 3.12. The van der Waals surface area contributed by atoms with E-state index in [0.717, 1.165) is 12.4 Å². The second-order valence-corrected chi connectivity index (χ2v) is 3.05. The van der Waals surface area contributed by atoms with E-state index >= 15 is 0 Å².